The molecule has 0 saturated carbocycles. The van der Waals surface area contributed by atoms with Gasteiger partial charge in [0.15, 0.2) is 5.82 Å². The molecule has 2 nitrogen and oxygen atoms in total. The standard InChI is InChI=1S/C42H28N2/c1-4-14-30(15-5-1)39-40(31-16-6-2-7-17-31)43-42(33-18-8-3-9-19-33)44-41(39)32-26-24-29(25-27-32)38-28-34-20-10-11-21-35(34)36-22-12-13-23-37(36)38/h1-28H. The summed E-state index contributed by atoms with van der Waals surface area (Å²) in [5.74, 6) is 0.712. The lowest BCUT2D eigenvalue weighted by Crippen LogP contribution is -2.00. The molecule has 44 heavy (non-hydrogen) atoms. The van der Waals surface area contributed by atoms with Gasteiger partial charge in [0.05, 0.1) is 11.4 Å². The summed E-state index contributed by atoms with van der Waals surface area (Å²) in [5.41, 5.74) is 9.46. The fraction of sp³-hybridized carbons (Fsp3) is 0. The highest BCUT2D eigenvalue weighted by Crippen LogP contribution is 2.41. The second-order valence-corrected chi connectivity index (χ2v) is 11.0. The van der Waals surface area contributed by atoms with Crippen LogP contribution in [0.5, 0.6) is 0 Å². The fourth-order valence-corrected chi connectivity index (χ4v) is 6.17. The first-order valence-corrected chi connectivity index (χ1v) is 14.9. The minimum Gasteiger partial charge on any atom is -0.227 e. The maximum absolute atomic E-state index is 5.26. The zero-order chi connectivity index (χ0) is 29.3. The zero-order valence-corrected chi connectivity index (χ0v) is 24.1. The summed E-state index contributed by atoms with van der Waals surface area (Å²) in [6, 6.07) is 59.7. The molecule has 8 aromatic rings. The van der Waals surface area contributed by atoms with Gasteiger partial charge in [-0.25, -0.2) is 9.97 Å². The molecule has 7 aromatic carbocycles. The zero-order valence-electron chi connectivity index (χ0n) is 24.1. The Labute approximate surface area is 257 Å². The molecule has 206 valence electrons. The molecule has 2 heteroatoms. The molecule has 0 radical (unpaired) electrons. The molecule has 8 rings (SSSR count). The molecule has 0 amide bonds. The quantitative estimate of drug-likeness (QED) is 0.196. The molecule has 0 aliphatic rings. The summed E-state index contributed by atoms with van der Waals surface area (Å²) in [5, 5.41) is 5.04. The Kier molecular flexibility index (Phi) is 6.51. The molecule has 0 atom stereocenters. The van der Waals surface area contributed by atoms with Crippen molar-refractivity contribution < 1.29 is 0 Å². The molecule has 0 spiro atoms. The Morgan fingerprint density at radius 1 is 0.318 bits per heavy atom. The number of hydrogen-bond donors (Lipinski definition) is 0. The lowest BCUT2D eigenvalue weighted by Gasteiger charge is -2.17. The Hall–Kier alpha value is -5.86. The van der Waals surface area contributed by atoms with E-state index in [4.69, 9.17) is 9.97 Å². The van der Waals surface area contributed by atoms with E-state index in [1.165, 1.54) is 32.7 Å². The monoisotopic (exact) mass is 560 g/mol. The molecule has 1 aromatic heterocycles. The van der Waals surface area contributed by atoms with Crippen LogP contribution in [0.15, 0.2) is 170 Å². The lowest BCUT2D eigenvalue weighted by atomic mass is 9.91. The SMILES string of the molecule is c1ccc(-c2nc(-c3ccccc3)c(-c3ccccc3)c(-c3ccc(-c4cc5ccccc5c5ccccc45)cc3)n2)cc1. The maximum Gasteiger partial charge on any atom is 0.160 e. The minimum atomic E-state index is 0.712. The number of hydrogen-bond acceptors (Lipinski definition) is 2. The van der Waals surface area contributed by atoms with Crippen molar-refractivity contribution in [3.8, 4) is 56.2 Å². The van der Waals surface area contributed by atoms with Crippen molar-refractivity contribution in [3.63, 3.8) is 0 Å². The molecule has 0 aliphatic heterocycles. The van der Waals surface area contributed by atoms with Crippen molar-refractivity contribution in [1.82, 2.24) is 9.97 Å². The Morgan fingerprint density at radius 2 is 0.773 bits per heavy atom. The maximum atomic E-state index is 5.26. The van der Waals surface area contributed by atoms with E-state index in [2.05, 4.69) is 140 Å². The van der Waals surface area contributed by atoms with Crippen LogP contribution in [0.2, 0.25) is 0 Å². The van der Waals surface area contributed by atoms with Crippen LogP contribution in [0.4, 0.5) is 0 Å². The van der Waals surface area contributed by atoms with Gasteiger partial charge in [-0.1, -0.05) is 164 Å². The second-order valence-electron chi connectivity index (χ2n) is 11.0. The van der Waals surface area contributed by atoms with Crippen LogP contribution in [0.3, 0.4) is 0 Å². The number of nitrogens with zero attached hydrogens (tertiary/aromatic N) is 2. The molecule has 0 fully saturated rings. The van der Waals surface area contributed by atoms with Gasteiger partial charge in [-0.2, -0.15) is 0 Å². The average Bonchev–Trinajstić information content (AvgIpc) is 3.12. The molecular formula is C42H28N2. The summed E-state index contributed by atoms with van der Waals surface area (Å²) >= 11 is 0. The van der Waals surface area contributed by atoms with E-state index in [-0.39, 0.29) is 0 Å². The van der Waals surface area contributed by atoms with E-state index < -0.39 is 0 Å². The van der Waals surface area contributed by atoms with Crippen LogP contribution in [0.1, 0.15) is 0 Å². The third-order valence-electron chi connectivity index (χ3n) is 8.29. The van der Waals surface area contributed by atoms with Crippen LogP contribution in [-0.4, -0.2) is 9.97 Å². The molecule has 0 bridgehead atoms. The first-order valence-electron chi connectivity index (χ1n) is 14.9. The first-order chi connectivity index (χ1) is 21.8. The van der Waals surface area contributed by atoms with Gasteiger partial charge in [0.1, 0.15) is 0 Å². The summed E-state index contributed by atoms with van der Waals surface area (Å²) in [6.45, 7) is 0. The van der Waals surface area contributed by atoms with Gasteiger partial charge >= 0.3 is 0 Å². The second kappa shape index (κ2) is 11.1. The number of fused-ring (bicyclic) bond motifs is 3. The Balaban J connectivity index is 1.35. The third kappa shape index (κ3) is 4.63. The number of rotatable bonds is 5. The highest BCUT2D eigenvalue weighted by atomic mass is 14.9. The summed E-state index contributed by atoms with van der Waals surface area (Å²) in [4.78, 5) is 10.5. The average molecular weight is 561 g/mol. The van der Waals surface area contributed by atoms with Crippen molar-refractivity contribution >= 4 is 21.5 Å². The molecule has 0 N–H and O–H groups in total. The topological polar surface area (TPSA) is 25.8 Å². The number of benzene rings is 7. The highest BCUT2D eigenvalue weighted by Gasteiger charge is 2.20. The van der Waals surface area contributed by atoms with E-state index in [0.717, 1.165) is 39.2 Å². The van der Waals surface area contributed by atoms with Crippen LogP contribution in [0.25, 0.3) is 77.7 Å². The van der Waals surface area contributed by atoms with Crippen molar-refractivity contribution in [2.24, 2.45) is 0 Å². The van der Waals surface area contributed by atoms with Crippen molar-refractivity contribution in [2.45, 2.75) is 0 Å². The van der Waals surface area contributed by atoms with E-state index >= 15 is 0 Å². The fourth-order valence-electron chi connectivity index (χ4n) is 6.17. The largest absolute Gasteiger partial charge is 0.227 e. The Bertz CT molecular complexity index is 2240. The van der Waals surface area contributed by atoms with Gasteiger partial charge in [0, 0.05) is 22.3 Å². The summed E-state index contributed by atoms with van der Waals surface area (Å²) < 4.78 is 0. The highest BCUT2D eigenvalue weighted by molar-refractivity contribution is 6.13. The first kappa shape index (κ1) is 25.8. The van der Waals surface area contributed by atoms with Gasteiger partial charge in [0.25, 0.3) is 0 Å². The smallest absolute Gasteiger partial charge is 0.160 e. The van der Waals surface area contributed by atoms with Gasteiger partial charge in [-0.3, -0.25) is 0 Å². The number of aromatic nitrogens is 2. The molecule has 1 heterocycles. The van der Waals surface area contributed by atoms with Crippen LogP contribution in [0, 0.1) is 0 Å². The summed E-state index contributed by atoms with van der Waals surface area (Å²) in [7, 11) is 0. The van der Waals surface area contributed by atoms with Gasteiger partial charge in [-0.15, -0.1) is 0 Å². The van der Waals surface area contributed by atoms with E-state index in [0.29, 0.717) is 5.82 Å². The molecule has 0 unspecified atom stereocenters. The predicted molar refractivity (Wildman–Crippen MR) is 184 cm³/mol. The summed E-state index contributed by atoms with van der Waals surface area (Å²) in [6.07, 6.45) is 0. The van der Waals surface area contributed by atoms with E-state index in [9.17, 15) is 0 Å². The van der Waals surface area contributed by atoms with Crippen LogP contribution < -0.4 is 0 Å². The van der Waals surface area contributed by atoms with Gasteiger partial charge < -0.3 is 0 Å². The van der Waals surface area contributed by atoms with Crippen LogP contribution >= 0.6 is 0 Å². The van der Waals surface area contributed by atoms with Crippen molar-refractivity contribution in [3.05, 3.63) is 170 Å². The Morgan fingerprint density at radius 3 is 1.41 bits per heavy atom. The molecular weight excluding hydrogens is 532 g/mol. The molecule has 0 aliphatic carbocycles. The normalized spacial score (nSPS) is 11.2. The van der Waals surface area contributed by atoms with Gasteiger partial charge in [-0.05, 0) is 44.3 Å². The van der Waals surface area contributed by atoms with Crippen LogP contribution in [-0.2, 0) is 0 Å². The van der Waals surface area contributed by atoms with E-state index in [1.807, 2.05) is 30.3 Å². The van der Waals surface area contributed by atoms with Crippen molar-refractivity contribution in [1.29, 1.82) is 0 Å². The minimum absolute atomic E-state index is 0.712. The van der Waals surface area contributed by atoms with Gasteiger partial charge in [0.2, 0.25) is 0 Å². The molecule has 0 saturated heterocycles. The van der Waals surface area contributed by atoms with E-state index in [1.54, 1.807) is 0 Å². The predicted octanol–water partition coefficient (Wildman–Crippen LogP) is 11.1. The van der Waals surface area contributed by atoms with Crippen molar-refractivity contribution in [2.75, 3.05) is 0 Å². The lowest BCUT2D eigenvalue weighted by molar-refractivity contribution is 1.18. The third-order valence-corrected chi connectivity index (χ3v) is 8.29.